The summed E-state index contributed by atoms with van der Waals surface area (Å²) >= 11 is 0. The second-order valence-electron chi connectivity index (χ2n) is 10.8. The number of hydrogen-bond donors (Lipinski definition) is 3. The van der Waals surface area contributed by atoms with Crippen LogP contribution in [0.3, 0.4) is 0 Å². The first-order chi connectivity index (χ1) is 18.5. The molecule has 0 unspecified atom stereocenters. The third kappa shape index (κ3) is 14.4. The van der Waals surface area contributed by atoms with E-state index in [0.29, 0.717) is 6.42 Å². The minimum absolute atomic E-state index is 0.287. The van der Waals surface area contributed by atoms with Crippen LogP contribution in [0.25, 0.3) is 0 Å². The van der Waals surface area contributed by atoms with Gasteiger partial charge in [-0.1, -0.05) is 94.5 Å². The highest BCUT2D eigenvalue weighted by Gasteiger charge is 2.24. The monoisotopic (exact) mass is 529 g/mol. The summed E-state index contributed by atoms with van der Waals surface area (Å²) in [5.74, 6) is -1.64. The third-order valence-corrected chi connectivity index (χ3v) is 7.41. The molecule has 0 amide bonds. The van der Waals surface area contributed by atoms with Gasteiger partial charge in [-0.15, -0.1) is 0 Å². The summed E-state index contributed by atoms with van der Waals surface area (Å²) in [6, 6.07) is 9.84. The van der Waals surface area contributed by atoms with Gasteiger partial charge in [0.25, 0.3) is 0 Å². The number of aliphatic carboxylic acids is 2. The van der Waals surface area contributed by atoms with Crippen LogP contribution in [0.2, 0.25) is 0 Å². The van der Waals surface area contributed by atoms with E-state index < -0.39 is 18.0 Å². The Morgan fingerprint density at radius 1 is 0.763 bits per heavy atom. The van der Waals surface area contributed by atoms with Gasteiger partial charge >= 0.3 is 11.9 Å². The number of carboxylic acids is 2. The molecule has 2 rings (SSSR count). The zero-order chi connectivity index (χ0) is 27.4. The molecule has 38 heavy (non-hydrogen) atoms. The molecule has 1 heterocycles. The van der Waals surface area contributed by atoms with Gasteiger partial charge in [0.1, 0.15) is 6.04 Å². The lowest BCUT2D eigenvalue weighted by atomic mass is 10.0. The first-order valence-corrected chi connectivity index (χ1v) is 14.9. The zero-order valence-electron chi connectivity index (χ0n) is 23.4. The number of hydrogen-bond acceptors (Lipinski definition) is 5. The number of nitrogens with two attached hydrogens (primary N) is 1. The van der Waals surface area contributed by atoms with E-state index in [1.165, 1.54) is 63.4 Å². The summed E-state index contributed by atoms with van der Waals surface area (Å²) in [5.41, 5.74) is 8.35. The molecule has 0 aliphatic carbocycles. The van der Waals surface area contributed by atoms with Gasteiger partial charge in [-0.3, -0.25) is 9.59 Å². The summed E-state index contributed by atoms with van der Waals surface area (Å²) in [5, 5.41) is 18.0. The van der Waals surface area contributed by atoms with Crippen LogP contribution >= 0.6 is 0 Å². The van der Waals surface area contributed by atoms with E-state index in [2.05, 4.69) is 46.3 Å². The average molecular weight is 530 g/mol. The molecule has 1 aromatic rings. The van der Waals surface area contributed by atoms with Crippen LogP contribution in [-0.4, -0.2) is 57.8 Å². The van der Waals surface area contributed by atoms with E-state index in [9.17, 15) is 14.7 Å². The van der Waals surface area contributed by atoms with E-state index >= 15 is 0 Å². The Morgan fingerprint density at radius 2 is 1.32 bits per heavy atom. The fourth-order valence-corrected chi connectivity index (χ4v) is 5.12. The fourth-order valence-electron chi connectivity index (χ4n) is 5.12. The van der Waals surface area contributed by atoms with Gasteiger partial charge in [-0.05, 0) is 37.7 Å². The Balaban J connectivity index is 1.58. The maximum absolute atomic E-state index is 11.3. The van der Waals surface area contributed by atoms with Gasteiger partial charge in [0.05, 0.1) is 6.67 Å². The lowest BCUT2D eigenvalue weighted by Gasteiger charge is -2.25. The summed E-state index contributed by atoms with van der Waals surface area (Å²) in [4.78, 5) is 26.5. The highest BCUT2D eigenvalue weighted by molar-refractivity contribution is 5.73. The molecule has 0 saturated heterocycles. The quantitative estimate of drug-likeness (QED) is 0.141. The van der Waals surface area contributed by atoms with Crippen molar-refractivity contribution in [1.29, 1.82) is 0 Å². The minimum atomic E-state index is -0.942. The van der Waals surface area contributed by atoms with Gasteiger partial charge in [-0.25, -0.2) is 0 Å². The van der Waals surface area contributed by atoms with E-state index in [-0.39, 0.29) is 6.42 Å². The maximum atomic E-state index is 11.3. The van der Waals surface area contributed by atoms with Gasteiger partial charge in [-0.2, -0.15) is 0 Å². The normalized spacial score (nSPS) is 14.1. The lowest BCUT2D eigenvalue weighted by molar-refractivity contribution is -0.139. The summed E-state index contributed by atoms with van der Waals surface area (Å²) in [6.07, 6.45) is 20.2. The van der Waals surface area contributed by atoms with E-state index in [4.69, 9.17) is 10.8 Å². The van der Waals surface area contributed by atoms with Crippen molar-refractivity contribution in [1.82, 2.24) is 9.80 Å². The van der Waals surface area contributed by atoms with Crippen molar-refractivity contribution in [2.45, 2.75) is 115 Å². The van der Waals surface area contributed by atoms with Crippen molar-refractivity contribution >= 4 is 11.9 Å². The predicted molar refractivity (Wildman–Crippen MR) is 154 cm³/mol. The van der Waals surface area contributed by atoms with Crippen molar-refractivity contribution in [2.75, 3.05) is 19.8 Å². The summed E-state index contributed by atoms with van der Waals surface area (Å²) < 4.78 is 0. The molecule has 214 valence electrons. The smallest absolute Gasteiger partial charge is 0.320 e. The number of benzene rings is 1. The topological polar surface area (TPSA) is 107 Å². The molecular weight excluding hydrogens is 478 g/mol. The molecule has 7 nitrogen and oxygen atoms in total. The first-order valence-electron chi connectivity index (χ1n) is 14.9. The summed E-state index contributed by atoms with van der Waals surface area (Å²) in [7, 11) is 0. The Kier molecular flexibility index (Phi) is 16.3. The molecule has 4 N–H and O–H groups in total. The number of carbonyl (C=O) groups is 2. The van der Waals surface area contributed by atoms with Crippen LogP contribution in [0.5, 0.6) is 0 Å². The Labute approximate surface area is 230 Å². The molecule has 0 aromatic heterocycles. The number of aryl methyl sites for hydroxylation is 1. The molecule has 1 atom stereocenters. The van der Waals surface area contributed by atoms with Crippen molar-refractivity contribution < 1.29 is 19.8 Å². The van der Waals surface area contributed by atoms with Gasteiger partial charge in [0, 0.05) is 37.8 Å². The average Bonchev–Trinajstić information content (AvgIpc) is 3.28. The molecule has 0 spiro atoms. The molecule has 0 fully saturated rings. The molecular formula is C31H51N3O4. The number of rotatable bonds is 23. The standard InChI is InChI=1S/C31H51N3O4/c32-29(31(37)38)24-28-25-33(22-16-9-5-2-1-3-8-15-21-30(35)36)26-34(28)23-17-10-6-4-7-12-18-27-19-13-11-14-20-27/h11,13-14,19-20,25,29H,1-10,12,15-18,21-24,26,32H2,(H,35,36)(H,37,38)/t29-/m0/s1. The lowest BCUT2D eigenvalue weighted by Crippen LogP contribution is -2.34. The number of nitrogens with zero attached hydrogens (tertiary/aromatic N) is 2. The van der Waals surface area contributed by atoms with Crippen molar-refractivity contribution in [3.8, 4) is 0 Å². The molecule has 1 aliphatic heterocycles. The van der Waals surface area contributed by atoms with Gasteiger partial charge in [0.15, 0.2) is 0 Å². The Hall–Kier alpha value is -2.54. The molecule has 0 bridgehead atoms. The first kappa shape index (κ1) is 31.7. The Bertz CT molecular complexity index is 815. The third-order valence-electron chi connectivity index (χ3n) is 7.41. The van der Waals surface area contributed by atoms with Crippen LogP contribution in [-0.2, 0) is 16.0 Å². The van der Waals surface area contributed by atoms with Crippen LogP contribution in [0.4, 0.5) is 0 Å². The van der Waals surface area contributed by atoms with Crippen molar-refractivity contribution in [2.24, 2.45) is 5.73 Å². The second kappa shape index (κ2) is 19.5. The van der Waals surface area contributed by atoms with Crippen LogP contribution in [0.1, 0.15) is 108 Å². The predicted octanol–water partition coefficient (Wildman–Crippen LogP) is 6.38. The van der Waals surface area contributed by atoms with Gasteiger partial charge in [0.2, 0.25) is 0 Å². The molecule has 7 heteroatoms. The number of unbranched alkanes of at least 4 members (excludes halogenated alkanes) is 12. The van der Waals surface area contributed by atoms with E-state index in [1.54, 1.807) is 0 Å². The van der Waals surface area contributed by atoms with Crippen LogP contribution < -0.4 is 5.73 Å². The second-order valence-corrected chi connectivity index (χ2v) is 10.8. The largest absolute Gasteiger partial charge is 0.481 e. The van der Waals surface area contributed by atoms with Crippen LogP contribution in [0, 0.1) is 0 Å². The van der Waals surface area contributed by atoms with Crippen LogP contribution in [0.15, 0.2) is 42.2 Å². The highest BCUT2D eigenvalue weighted by Crippen LogP contribution is 2.22. The Morgan fingerprint density at radius 3 is 1.92 bits per heavy atom. The van der Waals surface area contributed by atoms with Crippen molar-refractivity contribution in [3.63, 3.8) is 0 Å². The zero-order valence-corrected chi connectivity index (χ0v) is 23.4. The fraction of sp³-hybridized carbons (Fsp3) is 0.677. The van der Waals surface area contributed by atoms with Gasteiger partial charge < -0.3 is 25.7 Å². The highest BCUT2D eigenvalue weighted by atomic mass is 16.4. The SMILES string of the molecule is N[C@@H](CC1=CN(CCCCCCCCCCC(=O)O)CN1CCCCCCCCc1ccccc1)C(=O)O. The molecule has 1 aliphatic rings. The maximum Gasteiger partial charge on any atom is 0.320 e. The van der Waals surface area contributed by atoms with E-state index in [1.807, 2.05) is 0 Å². The number of carboxylic acid groups (broad SMARTS) is 2. The summed E-state index contributed by atoms with van der Waals surface area (Å²) in [6.45, 7) is 2.78. The molecule has 0 saturated carbocycles. The molecule has 1 aromatic carbocycles. The molecule has 0 radical (unpaired) electrons. The van der Waals surface area contributed by atoms with Crippen molar-refractivity contribution in [3.05, 3.63) is 47.8 Å². The van der Waals surface area contributed by atoms with E-state index in [0.717, 1.165) is 64.0 Å². The minimum Gasteiger partial charge on any atom is -0.481 e.